The van der Waals surface area contributed by atoms with E-state index >= 15 is 0 Å². The molecule has 1 aromatic carbocycles. The van der Waals surface area contributed by atoms with Crippen molar-refractivity contribution in [3.63, 3.8) is 0 Å². The van der Waals surface area contributed by atoms with Crippen LogP contribution < -0.4 is 0 Å². The molecule has 0 heterocycles. The molecule has 0 amide bonds. The first-order chi connectivity index (χ1) is 7.66. The predicted molar refractivity (Wildman–Crippen MR) is 65.6 cm³/mol. The quantitative estimate of drug-likeness (QED) is 0.883. The molecule has 0 bridgehead atoms. The zero-order valence-electron chi connectivity index (χ0n) is 9.13. The van der Waals surface area contributed by atoms with Crippen LogP contribution >= 0.6 is 15.9 Å². The highest BCUT2D eigenvalue weighted by molar-refractivity contribution is 9.10. The Balaban J connectivity index is 2.02. The summed E-state index contributed by atoms with van der Waals surface area (Å²) >= 11 is 3.14. The molecule has 3 heteroatoms. The number of hydrogen-bond acceptors (Lipinski definition) is 1. The van der Waals surface area contributed by atoms with Gasteiger partial charge in [-0.15, -0.1) is 0 Å². The van der Waals surface area contributed by atoms with Crippen molar-refractivity contribution in [1.29, 1.82) is 0 Å². The van der Waals surface area contributed by atoms with Crippen molar-refractivity contribution in [2.24, 2.45) is 5.92 Å². The molecule has 1 N–H and O–H groups in total. The Labute approximate surface area is 104 Å². The Hall–Kier alpha value is -0.410. The molecule has 0 spiro atoms. The fourth-order valence-electron chi connectivity index (χ4n) is 2.42. The summed E-state index contributed by atoms with van der Waals surface area (Å²) in [6.45, 7) is 0. The normalized spacial score (nSPS) is 18.9. The third kappa shape index (κ3) is 2.83. The van der Waals surface area contributed by atoms with Crippen LogP contribution in [-0.2, 0) is 0 Å². The van der Waals surface area contributed by atoms with Crippen molar-refractivity contribution in [3.05, 3.63) is 34.1 Å². The summed E-state index contributed by atoms with van der Waals surface area (Å²) in [5, 5.41) is 10.1. The topological polar surface area (TPSA) is 20.2 Å². The van der Waals surface area contributed by atoms with Crippen molar-refractivity contribution in [2.75, 3.05) is 0 Å². The van der Waals surface area contributed by atoms with Gasteiger partial charge >= 0.3 is 0 Å². The van der Waals surface area contributed by atoms with Crippen molar-refractivity contribution in [2.45, 2.75) is 38.2 Å². The first-order valence-corrected chi connectivity index (χ1v) is 6.59. The van der Waals surface area contributed by atoms with E-state index in [4.69, 9.17) is 0 Å². The average Bonchev–Trinajstić information content (AvgIpc) is 2.74. The zero-order valence-corrected chi connectivity index (χ0v) is 10.7. The Morgan fingerprint density at radius 3 is 2.69 bits per heavy atom. The molecule has 1 atom stereocenters. The number of halogens is 2. The van der Waals surface area contributed by atoms with Crippen LogP contribution in [0.15, 0.2) is 22.7 Å². The molecule has 88 valence electrons. The molecule has 1 saturated carbocycles. The molecular weight excluding hydrogens is 271 g/mol. The maximum atomic E-state index is 13.0. The van der Waals surface area contributed by atoms with Gasteiger partial charge in [-0.05, 0) is 46.0 Å². The summed E-state index contributed by atoms with van der Waals surface area (Å²) in [4.78, 5) is 0. The van der Waals surface area contributed by atoms with Gasteiger partial charge in [0.1, 0.15) is 5.82 Å². The monoisotopic (exact) mass is 286 g/mol. The van der Waals surface area contributed by atoms with Crippen LogP contribution in [0.2, 0.25) is 0 Å². The largest absolute Gasteiger partial charge is 0.388 e. The Morgan fingerprint density at radius 1 is 1.38 bits per heavy atom. The van der Waals surface area contributed by atoms with Crippen LogP contribution in [0.1, 0.15) is 43.8 Å². The van der Waals surface area contributed by atoms with Crippen molar-refractivity contribution < 1.29 is 9.50 Å². The lowest BCUT2D eigenvalue weighted by molar-refractivity contribution is 0.144. The number of hydrogen-bond donors (Lipinski definition) is 1. The van der Waals surface area contributed by atoms with E-state index in [2.05, 4.69) is 15.9 Å². The van der Waals surface area contributed by atoms with Crippen LogP contribution in [0, 0.1) is 11.7 Å². The van der Waals surface area contributed by atoms with Gasteiger partial charge < -0.3 is 5.11 Å². The highest BCUT2D eigenvalue weighted by atomic mass is 79.9. The summed E-state index contributed by atoms with van der Waals surface area (Å²) in [6.07, 6.45) is 5.35. The van der Waals surface area contributed by atoms with Gasteiger partial charge in [-0.3, -0.25) is 0 Å². The minimum Gasteiger partial charge on any atom is -0.388 e. The van der Waals surface area contributed by atoms with E-state index in [0.717, 1.165) is 12.0 Å². The van der Waals surface area contributed by atoms with Crippen LogP contribution in [0.25, 0.3) is 0 Å². The molecule has 1 nitrogen and oxygen atoms in total. The fraction of sp³-hybridized carbons (Fsp3) is 0.538. The SMILES string of the molecule is OC(CC1CCCC1)c1ccc(F)c(Br)c1. The summed E-state index contributed by atoms with van der Waals surface area (Å²) in [5.41, 5.74) is 0.806. The van der Waals surface area contributed by atoms with Crippen LogP contribution in [0.5, 0.6) is 0 Å². The van der Waals surface area contributed by atoms with E-state index in [1.165, 1.54) is 31.7 Å². The van der Waals surface area contributed by atoms with Crippen LogP contribution in [0.3, 0.4) is 0 Å². The minimum absolute atomic E-state index is 0.281. The first-order valence-electron chi connectivity index (χ1n) is 5.80. The smallest absolute Gasteiger partial charge is 0.137 e. The Bertz CT molecular complexity index is 361. The second-order valence-corrected chi connectivity index (χ2v) is 5.43. The summed E-state index contributed by atoms with van der Waals surface area (Å²) in [5.74, 6) is 0.357. The second-order valence-electron chi connectivity index (χ2n) is 4.58. The molecule has 1 aliphatic rings. The van der Waals surface area contributed by atoms with E-state index < -0.39 is 6.10 Å². The molecule has 16 heavy (non-hydrogen) atoms. The van der Waals surface area contributed by atoms with Gasteiger partial charge in [-0.1, -0.05) is 31.7 Å². The molecule has 0 saturated heterocycles. The standard InChI is InChI=1S/C13H16BrFO/c14-11-8-10(5-6-12(11)15)13(16)7-9-3-1-2-4-9/h5-6,8-9,13,16H,1-4,7H2. The van der Waals surface area contributed by atoms with Crippen molar-refractivity contribution >= 4 is 15.9 Å². The average molecular weight is 287 g/mol. The lowest BCUT2D eigenvalue weighted by atomic mass is 9.96. The number of aliphatic hydroxyl groups is 1. The number of rotatable bonds is 3. The van der Waals surface area contributed by atoms with Gasteiger partial charge in [0.2, 0.25) is 0 Å². The molecule has 0 aromatic heterocycles. The molecule has 0 radical (unpaired) electrons. The molecule has 1 aliphatic carbocycles. The van der Waals surface area contributed by atoms with Gasteiger partial charge in [0.05, 0.1) is 10.6 Å². The van der Waals surface area contributed by atoms with Crippen molar-refractivity contribution in [1.82, 2.24) is 0 Å². The summed E-state index contributed by atoms with van der Waals surface area (Å²) < 4.78 is 13.5. The van der Waals surface area contributed by atoms with E-state index in [0.29, 0.717) is 10.4 Å². The Kier molecular flexibility index (Phi) is 3.98. The second kappa shape index (κ2) is 5.28. The molecular formula is C13H16BrFO. The van der Waals surface area contributed by atoms with Gasteiger partial charge in [0.15, 0.2) is 0 Å². The molecule has 0 aliphatic heterocycles. The van der Waals surface area contributed by atoms with Crippen molar-refractivity contribution in [3.8, 4) is 0 Å². The summed E-state index contributed by atoms with van der Waals surface area (Å²) in [7, 11) is 0. The highest BCUT2D eigenvalue weighted by Gasteiger charge is 2.20. The van der Waals surface area contributed by atoms with E-state index in [1.54, 1.807) is 12.1 Å². The number of aliphatic hydroxyl groups excluding tert-OH is 1. The van der Waals surface area contributed by atoms with Gasteiger partial charge in [-0.2, -0.15) is 0 Å². The van der Waals surface area contributed by atoms with Gasteiger partial charge in [0.25, 0.3) is 0 Å². The highest BCUT2D eigenvalue weighted by Crippen LogP contribution is 2.33. The molecule has 1 aromatic rings. The molecule has 1 unspecified atom stereocenters. The van der Waals surface area contributed by atoms with E-state index in [1.807, 2.05) is 0 Å². The van der Waals surface area contributed by atoms with Crippen LogP contribution in [-0.4, -0.2) is 5.11 Å². The van der Waals surface area contributed by atoms with E-state index in [-0.39, 0.29) is 5.82 Å². The van der Waals surface area contributed by atoms with Crippen LogP contribution in [0.4, 0.5) is 4.39 Å². The van der Waals surface area contributed by atoms with Gasteiger partial charge in [-0.25, -0.2) is 4.39 Å². The Morgan fingerprint density at radius 2 is 2.06 bits per heavy atom. The number of benzene rings is 1. The fourth-order valence-corrected chi connectivity index (χ4v) is 2.81. The first kappa shape index (κ1) is 12.1. The maximum absolute atomic E-state index is 13.0. The molecule has 1 fully saturated rings. The van der Waals surface area contributed by atoms with E-state index in [9.17, 15) is 9.50 Å². The summed E-state index contributed by atoms with van der Waals surface area (Å²) in [6, 6.07) is 4.74. The lowest BCUT2D eigenvalue weighted by Crippen LogP contribution is -2.04. The molecule has 2 rings (SSSR count). The third-order valence-corrected chi connectivity index (χ3v) is 3.97. The predicted octanol–water partition coefficient (Wildman–Crippen LogP) is 4.20. The minimum atomic E-state index is -0.458. The zero-order chi connectivity index (χ0) is 11.5. The maximum Gasteiger partial charge on any atom is 0.137 e. The lowest BCUT2D eigenvalue weighted by Gasteiger charge is -2.16. The third-order valence-electron chi connectivity index (χ3n) is 3.36. The van der Waals surface area contributed by atoms with Gasteiger partial charge in [0, 0.05) is 0 Å².